The molecule has 0 unspecified atom stereocenters. The van der Waals surface area contributed by atoms with Crippen molar-refractivity contribution < 1.29 is 0 Å². The molecule has 0 saturated carbocycles. The molecule has 1 heterocycles. The smallest absolute Gasteiger partial charge is 0.173 e. The summed E-state index contributed by atoms with van der Waals surface area (Å²) < 4.78 is 0. The normalized spacial score (nSPS) is 10.4. The third-order valence-corrected chi connectivity index (χ3v) is 3.91. The van der Waals surface area contributed by atoms with Gasteiger partial charge in [0.1, 0.15) is 0 Å². The molecule has 0 radical (unpaired) electrons. The van der Waals surface area contributed by atoms with Crippen LogP contribution in [0.5, 0.6) is 0 Å². The van der Waals surface area contributed by atoms with E-state index in [4.69, 9.17) is 24.4 Å². The van der Waals surface area contributed by atoms with Gasteiger partial charge in [0, 0.05) is 30.2 Å². The quantitative estimate of drug-likeness (QED) is 0.848. The Morgan fingerprint density at radius 2 is 2.16 bits per heavy atom. The predicted molar refractivity (Wildman–Crippen MR) is 88.8 cm³/mol. The number of rotatable bonds is 4. The van der Waals surface area contributed by atoms with Crippen molar-refractivity contribution in [2.24, 2.45) is 0 Å². The molecule has 0 saturated heterocycles. The number of hydrogen-bond acceptors (Lipinski definition) is 2. The van der Waals surface area contributed by atoms with E-state index in [1.165, 1.54) is 27.7 Å². The van der Waals surface area contributed by atoms with Gasteiger partial charge in [-0.2, -0.15) is 0 Å². The monoisotopic (exact) mass is 291 g/mol. The zero-order chi connectivity index (χ0) is 13.8. The Hall–Kier alpha value is -1.46. The van der Waals surface area contributed by atoms with Gasteiger partial charge in [-0.3, -0.25) is 0 Å². The van der Waals surface area contributed by atoms with Gasteiger partial charge in [-0.05, 0) is 37.2 Å². The number of aromatic amines is 1. The lowest BCUT2D eigenvalue weighted by atomic mass is 10.1. The summed E-state index contributed by atoms with van der Waals surface area (Å²) in [7, 11) is 1.85. The van der Waals surface area contributed by atoms with Gasteiger partial charge in [-0.15, -0.1) is 0 Å². The fourth-order valence-electron chi connectivity index (χ4n) is 2.12. The Morgan fingerprint density at radius 3 is 2.89 bits per heavy atom. The van der Waals surface area contributed by atoms with Gasteiger partial charge in [0.15, 0.2) is 5.11 Å². The Morgan fingerprint density at radius 1 is 1.42 bits per heavy atom. The number of fused-ring (bicyclic) bond motifs is 1. The summed E-state index contributed by atoms with van der Waals surface area (Å²) in [5.41, 5.74) is 5.29. The molecule has 3 nitrogen and oxygen atoms in total. The van der Waals surface area contributed by atoms with Crippen LogP contribution in [0.15, 0.2) is 24.3 Å². The molecule has 100 valence electrons. The molecule has 5 heteroatoms. The molecule has 19 heavy (non-hydrogen) atoms. The number of aryl methyl sites for hydroxylation is 1. The molecule has 0 fully saturated rings. The second-order valence-electron chi connectivity index (χ2n) is 4.47. The SMILES string of the molecule is Cc1[nH]c2ccccc2c1CCNC(=S)N(C)C=S. The van der Waals surface area contributed by atoms with Crippen LogP contribution < -0.4 is 5.32 Å². The average molecular weight is 291 g/mol. The van der Waals surface area contributed by atoms with Crippen LogP contribution in [-0.4, -0.2) is 34.1 Å². The third-order valence-electron chi connectivity index (χ3n) is 3.16. The van der Waals surface area contributed by atoms with Crippen molar-refractivity contribution >= 4 is 45.9 Å². The molecule has 2 rings (SSSR count). The van der Waals surface area contributed by atoms with Crippen molar-refractivity contribution in [2.75, 3.05) is 13.6 Å². The molecule has 0 atom stereocenters. The summed E-state index contributed by atoms with van der Waals surface area (Å²) >= 11 is 10.0. The lowest BCUT2D eigenvalue weighted by Crippen LogP contribution is -2.36. The highest BCUT2D eigenvalue weighted by molar-refractivity contribution is 7.81. The van der Waals surface area contributed by atoms with E-state index in [2.05, 4.69) is 35.4 Å². The Balaban J connectivity index is 2.04. The minimum Gasteiger partial charge on any atom is -0.362 e. The number of hydrogen-bond donors (Lipinski definition) is 2. The lowest BCUT2D eigenvalue weighted by molar-refractivity contribution is 0.731. The zero-order valence-corrected chi connectivity index (χ0v) is 12.7. The minimum absolute atomic E-state index is 0.660. The number of para-hydroxylation sites is 1. The molecule has 0 spiro atoms. The van der Waals surface area contributed by atoms with Gasteiger partial charge < -0.3 is 15.2 Å². The molecular formula is C14H17N3S2. The number of aromatic nitrogens is 1. The number of benzene rings is 1. The number of H-pyrrole nitrogens is 1. The van der Waals surface area contributed by atoms with Crippen LogP contribution >= 0.6 is 24.4 Å². The first kappa shape index (κ1) is 14.0. The summed E-state index contributed by atoms with van der Waals surface area (Å²) in [6.45, 7) is 2.91. The summed E-state index contributed by atoms with van der Waals surface area (Å²) in [5.74, 6) is 0. The molecule has 0 amide bonds. The van der Waals surface area contributed by atoms with E-state index in [1.807, 2.05) is 13.1 Å². The molecule has 1 aromatic carbocycles. The van der Waals surface area contributed by atoms with Crippen molar-refractivity contribution in [3.63, 3.8) is 0 Å². The standard InChI is InChI=1S/C14H17N3S2/c1-10-11(7-8-15-14(19)17(2)9-18)12-5-3-4-6-13(12)16-10/h3-6,9,16H,7-8H2,1-2H3,(H,15,19). The van der Waals surface area contributed by atoms with Crippen LogP contribution in [0.2, 0.25) is 0 Å². The number of nitrogens with zero attached hydrogens (tertiary/aromatic N) is 1. The lowest BCUT2D eigenvalue weighted by Gasteiger charge is -2.15. The van der Waals surface area contributed by atoms with Crippen molar-refractivity contribution in [3.05, 3.63) is 35.5 Å². The first-order valence-electron chi connectivity index (χ1n) is 6.15. The van der Waals surface area contributed by atoms with Gasteiger partial charge in [0.25, 0.3) is 0 Å². The molecule has 2 N–H and O–H groups in total. The molecule has 0 aliphatic rings. The van der Waals surface area contributed by atoms with Gasteiger partial charge in [-0.25, -0.2) is 0 Å². The van der Waals surface area contributed by atoms with E-state index < -0.39 is 0 Å². The summed E-state index contributed by atoms with van der Waals surface area (Å²) in [6, 6.07) is 8.36. The van der Waals surface area contributed by atoms with Gasteiger partial charge >= 0.3 is 0 Å². The first-order chi connectivity index (χ1) is 9.13. The maximum absolute atomic E-state index is 5.21. The van der Waals surface area contributed by atoms with Gasteiger partial charge in [0.2, 0.25) is 0 Å². The van der Waals surface area contributed by atoms with Crippen LogP contribution in [0.1, 0.15) is 11.3 Å². The maximum atomic E-state index is 5.21. The molecular weight excluding hydrogens is 274 g/mol. The van der Waals surface area contributed by atoms with Crippen LogP contribution in [0.25, 0.3) is 10.9 Å². The average Bonchev–Trinajstić information content (AvgIpc) is 2.74. The van der Waals surface area contributed by atoms with Crippen LogP contribution in [0.4, 0.5) is 0 Å². The topological polar surface area (TPSA) is 31.1 Å². The maximum Gasteiger partial charge on any atom is 0.173 e. The van der Waals surface area contributed by atoms with E-state index >= 15 is 0 Å². The number of thiocarbonyl (C=S) groups is 2. The first-order valence-corrected chi connectivity index (χ1v) is 7.03. The Labute approximate surface area is 124 Å². The predicted octanol–water partition coefficient (Wildman–Crippen LogP) is 2.78. The van der Waals surface area contributed by atoms with Crippen molar-refractivity contribution in [2.45, 2.75) is 13.3 Å². The third kappa shape index (κ3) is 3.11. The molecule has 0 bridgehead atoms. The summed E-state index contributed by atoms with van der Waals surface area (Å²) in [4.78, 5) is 5.13. The highest BCUT2D eigenvalue weighted by Gasteiger charge is 2.08. The van der Waals surface area contributed by atoms with E-state index in [9.17, 15) is 0 Å². The van der Waals surface area contributed by atoms with E-state index in [1.54, 1.807) is 4.90 Å². The van der Waals surface area contributed by atoms with Crippen LogP contribution in [0, 0.1) is 6.92 Å². The fourth-order valence-corrected chi connectivity index (χ4v) is 2.45. The van der Waals surface area contributed by atoms with E-state index in [0.717, 1.165) is 13.0 Å². The van der Waals surface area contributed by atoms with E-state index in [0.29, 0.717) is 5.11 Å². The largest absolute Gasteiger partial charge is 0.362 e. The van der Waals surface area contributed by atoms with Crippen molar-refractivity contribution in [1.82, 2.24) is 15.2 Å². The summed E-state index contributed by atoms with van der Waals surface area (Å²) in [6.07, 6.45) is 0.932. The minimum atomic E-state index is 0.660. The molecule has 0 aliphatic carbocycles. The second kappa shape index (κ2) is 6.12. The van der Waals surface area contributed by atoms with Gasteiger partial charge in [0.05, 0.1) is 5.49 Å². The molecule has 2 aromatic rings. The number of nitrogens with one attached hydrogen (secondary N) is 2. The molecule has 1 aromatic heterocycles. The summed E-state index contributed by atoms with van der Waals surface area (Å²) in [5, 5.41) is 5.16. The highest BCUT2D eigenvalue weighted by Crippen LogP contribution is 2.21. The fraction of sp³-hybridized carbons (Fsp3) is 0.286. The van der Waals surface area contributed by atoms with Crippen LogP contribution in [-0.2, 0) is 6.42 Å². The Bertz CT molecular complexity index is 604. The highest BCUT2D eigenvalue weighted by atomic mass is 32.1. The van der Waals surface area contributed by atoms with Crippen molar-refractivity contribution in [1.29, 1.82) is 0 Å². The second-order valence-corrected chi connectivity index (χ2v) is 5.07. The zero-order valence-electron chi connectivity index (χ0n) is 11.1. The van der Waals surface area contributed by atoms with Crippen LogP contribution in [0.3, 0.4) is 0 Å². The van der Waals surface area contributed by atoms with Crippen molar-refractivity contribution in [3.8, 4) is 0 Å². The molecule has 0 aliphatic heterocycles. The Kier molecular flexibility index (Phi) is 4.50. The van der Waals surface area contributed by atoms with E-state index in [-0.39, 0.29) is 0 Å². The van der Waals surface area contributed by atoms with Gasteiger partial charge in [-0.1, -0.05) is 30.4 Å².